The van der Waals surface area contributed by atoms with Crippen molar-refractivity contribution in [1.29, 1.82) is 0 Å². The summed E-state index contributed by atoms with van der Waals surface area (Å²) in [4.78, 5) is 21.1. The van der Waals surface area contributed by atoms with E-state index in [0.717, 1.165) is 0 Å². The van der Waals surface area contributed by atoms with E-state index < -0.39 is 12.1 Å². The maximum Gasteiger partial charge on any atom is 0.344 e. The van der Waals surface area contributed by atoms with Crippen molar-refractivity contribution in [2.75, 3.05) is 7.11 Å². The fraction of sp³-hybridized carbons (Fsp3) is 0.273. The number of rotatable bonds is 5. The minimum atomic E-state index is -1.07. The van der Waals surface area contributed by atoms with E-state index in [1.807, 2.05) is 0 Å². The van der Waals surface area contributed by atoms with Crippen LogP contribution in [0.1, 0.15) is 17.3 Å². The molecule has 0 fully saturated rings. The molecule has 0 spiro atoms. The molecule has 5 nitrogen and oxygen atoms in total. The van der Waals surface area contributed by atoms with Crippen molar-refractivity contribution >= 4 is 12.3 Å². The van der Waals surface area contributed by atoms with Crippen LogP contribution >= 0.6 is 0 Å². The molecule has 1 aromatic rings. The first kappa shape index (κ1) is 12.0. The highest BCUT2D eigenvalue weighted by atomic mass is 16.5. The third-order valence-corrected chi connectivity index (χ3v) is 1.98. The quantitative estimate of drug-likeness (QED) is 0.764. The zero-order valence-corrected chi connectivity index (χ0v) is 8.97. The van der Waals surface area contributed by atoms with Gasteiger partial charge in [-0.2, -0.15) is 0 Å². The lowest BCUT2D eigenvalue weighted by atomic mass is 10.2. The molecule has 0 radical (unpaired) electrons. The number of aldehydes is 1. The predicted octanol–water partition coefficient (Wildman–Crippen LogP) is 1.36. The van der Waals surface area contributed by atoms with Gasteiger partial charge in [0.15, 0.2) is 17.6 Å². The van der Waals surface area contributed by atoms with Crippen molar-refractivity contribution in [2.45, 2.75) is 13.0 Å². The van der Waals surface area contributed by atoms with Crippen molar-refractivity contribution in [3.05, 3.63) is 23.8 Å². The molecule has 0 amide bonds. The van der Waals surface area contributed by atoms with Crippen molar-refractivity contribution in [3.63, 3.8) is 0 Å². The molecule has 16 heavy (non-hydrogen) atoms. The van der Waals surface area contributed by atoms with Crippen molar-refractivity contribution in [1.82, 2.24) is 0 Å². The number of carboxylic acids is 1. The van der Waals surface area contributed by atoms with E-state index in [2.05, 4.69) is 0 Å². The summed E-state index contributed by atoms with van der Waals surface area (Å²) < 4.78 is 10.1. The van der Waals surface area contributed by atoms with Crippen molar-refractivity contribution in [2.24, 2.45) is 0 Å². The molecule has 1 N–H and O–H groups in total. The zero-order chi connectivity index (χ0) is 12.1. The summed E-state index contributed by atoms with van der Waals surface area (Å²) in [5.74, 6) is -0.442. The lowest BCUT2D eigenvalue weighted by molar-refractivity contribution is -0.144. The molecule has 0 aliphatic rings. The maximum atomic E-state index is 10.6. The van der Waals surface area contributed by atoms with Gasteiger partial charge in [-0.1, -0.05) is 0 Å². The number of hydrogen-bond acceptors (Lipinski definition) is 4. The van der Waals surface area contributed by atoms with Crippen molar-refractivity contribution < 1.29 is 24.2 Å². The van der Waals surface area contributed by atoms with Gasteiger partial charge < -0.3 is 14.6 Å². The van der Waals surface area contributed by atoms with Gasteiger partial charge in [0.1, 0.15) is 6.29 Å². The Kier molecular flexibility index (Phi) is 3.88. The molecular weight excluding hydrogens is 212 g/mol. The Morgan fingerprint density at radius 2 is 2.12 bits per heavy atom. The molecule has 0 aliphatic heterocycles. The number of carboxylic acid groups (broad SMARTS) is 1. The zero-order valence-electron chi connectivity index (χ0n) is 8.97. The second-order valence-electron chi connectivity index (χ2n) is 3.13. The summed E-state index contributed by atoms with van der Waals surface area (Å²) >= 11 is 0. The van der Waals surface area contributed by atoms with Crippen LogP contribution in [0.25, 0.3) is 0 Å². The normalized spacial score (nSPS) is 11.6. The highest BCUT2D eigenvalue weighted by molar-refractivity contribution is 5.76. The maximum absolute atomic E-state index is 10.6. The molecule has 1 atom stereocenters. The van der Waals surface area contributed by atoms with Gasteiger partial charge in [0.25, 0.3) is 0 Å². The summed E-state index contributed by atoms with van der Waals surface area (Å²) in [7, 11) is 1.42. The first-order chi connectivity index (χ1) is 7.58. The van der Waals surface area contributed by atoms with Crippen LogP contribution in [-0.4, -0.2) is 30.6 Å². The second-order valence-corrected chi connectivity index (χ2v) is 3.13. The minimum Gasteiger partial charge on any atom is -0.493 e. The highest BCUT2D eigenvalue weighted by Gasteiger charge is 2.15. The smallest absolute Gasteiger partial charge is 0.344 e. The molecule has 0 heterocycles. The van der Waals surface area contributed by atoms with Gasteiger partial charge in [0.2, 0.25) is 0 Å². The Balaban J connectivity index is 2.95. The van der Waals surface area contributed by atoms with Gasteiger partial charge >= 0.3 is 5.97 Å². The van der Waals surface area contributed by atoms with Crippen LogP contribution in [0.4, 0.5) is 0 Å². The lowest BCUT2D eigenvalue weighted by Gasteiger charge is -2.13. The van der Waals surface area contributed by atoms with Gasteiger partial charge in [-0.05, 0) is 25.1 Å². The molecule has 1 rings (SSSR count). The number of methoxy groups -OCH3 is 1. The molecule has 1 aromatic carbocycles. The van der Waals surface area contributed by atoms with Gasteiger partial charge in [0.05, 0.1) is 7.11 Å². The van der Waals surface area contributed by atoms with Crippen LogP contribution in [0, 0.1) is 0 Å². The van der Waals surface area contributed by atoms with Gasteiger partial charge in [-0.25, -0.2) is 4.79 Å². The fourth-order valence-corrected chi connectivity index (χ4v) is 1.10. The third kappa shape index (κ3) is 2.73. The van der Waals surface area contributed by atoms with E-state index >= 15 is 0 Å². The van der Waals surface area contributed by atoms with Crippen LogP contribution in [0.15, 0.2) is 18.2 Å². The van der Waals surface area contributed by atoms with E-state index in [1.54, 1.807) is 0 Å². The fourth-order valence-electron chi connectivity index (χ4n) is 1.10. The van der Waals surface area contributed by atoms with Crippen LogP contribution in [0.2, 0.25) is 0 Å². The molecule has 0 bridgehead atoms. The molecule has 0 saturated heterocycles. The van der Waals surface area contributed by atoms with E-state index in [1.165, 1.54) is 32.2 Å². The molecule has 0 aromatic heterocycles. The number of benzene rings is 1. The highest BCUT2D eigenvalue weighted by Crippen LogP contribution is 2.28. The van der Waals surface area contributed by atoms with E-state index in [-0.39, 0.29) is 0 Å². The Bertz CT molecular complexity index is 399. The molecule has 86 valence electrons. The van der Waals surface area contributed by atoms with Crippen LogP contribution in [-0.2, 0) is 4.79 Å². The first-order valence-corrected chi connectivity index (χ1v) is 4.61. The summed E-state index contributed by atoms with van der Waals surface area (Å²) in [6, 6.07) is 4.51. The minimum absolute atomic E-state index is 0.294. The number of aliphatic carboxylic acids is 1. The Morgan fingerprint density at radius 3 is 2.62 bits per heavy atom. The molecule has 0 aliphatic carbocycles. The summed E-state index contributed by atoms with van der Waals surface area (Å²) in [5, 5.41) is 8.69. The number of carbonyl (C=O) groups is 2. The Morgan fingerprint density at radius 1 is 1.44 bits per heavy atom. The van der Waals surface area contributed by atoms with Gasteiger partial charge in [-0.15, -0.1) is 0 Å². The molecular formula is C11H12O5. The molecule has 0 saturated carbocycles. The third-order valence-electron chi connectivity index (χ3n) is 1.98. The van der Waals surface area contributed by atoms with E-state index in [4.69, 9.17) is 14.6 Å². The Hall–Kier alpha value is -2.04. The number of hydrogen-bond donors (Lipinski definition) is 1. The number of ether oxygens (including phenoxy) is 2. The lowest BCUT2D eigenvalue weighted by Crippen LogP contribution is -2.23. The largest absolute Gasteiger partial charge is 0.493 e. The first-order valence-electron chi connectivity index (χ1n) is 4.61. The average Bonchev–Trinajstić information content (AvgIpc) is 2.29. The van der Waals surface area contributed by atoms with Crippen LogP contribution in [0.5, 0.6) is 11.5 Å². The number of carbonyl (C=O) groups excluding carboxylic acids is 1. The SMILES string of the molecule is COc1cc(C=O)ccc1O[C@H](C)C(=O)O. The van der Waals surface area contributed by atoms with Gasteiger partial charge in [0, 0.05) is 5.56 Å². The summed E-state index contributed by atoms with van der Waals surface area (Å²) in [5.41, 5.74) is 0.437. The van der Waals surface area contributed by atoms with Crippen molar-refractivity contribution in [3.8, 4) is 11.5 Å². The summed E-state index contributed by atoms with van der Waals surface area (Å²) in [6.07, 6.45) is -0.302. The molecule has 0 unspecified atom stereocenters. The summed E-state index contributed by atoms with van der Waals surface area (Å²) in [6.45, 7) is 1.41. The average molecular weight is 224 g/mol. The standard InChI is InChI=1S/C11H12O5/c1-7(11(13)14)16-9-4-3-8(6-12)5-10(9)15-2/h3-7H,1-2H3,(H,13,14)/t7-/m1/s1. The monoisotopic (exact) mass is 224 g/mol. The van der Waals surface area contributed by atoms with E-state index in [0.29, 0.717) is 23.3 Å². The molecule has 5 heteroatoms. The van der Waals surface area contributed by atoms with E-state index in [9.17, 15) is 9.59 Å². The van der Waals surface area contributed by atoms with Gasteiger partial charge in [-0.3, -0.25) is 4.79 Å². The predicted molar refractivity (Wildman–Crippen MR) is 56.1 cm³/mol. The topological polar surface area (TPSA) is 72.8 Å². The van der Waals surface area contributed by atoms with Crippen LogP contribution in [0.3, 0.4) is 0 Å². The van der Waals surface area contributed by atoms with Crippen LogP contribution < -0.4 is 9.47 Å². The Labute approximate surface area is 92.6 Å². The second kappa shape index (κ2) is 5.16.